The van der Waals surface area contributed by atoms with Crippen LogP contribution in [-0.4, -0.2) is 42.2 Å². The number of hydrogen-bond donors (Lipinski definition) is 0. The molecule has 0 atom stereocenters. The van der Waals surface area contributed by atoms with Gasteiger partial charge in [0.25, 0.3) is 11.8 Å². The molecule has 1 aromatic rings. The number of benzene rings is 1. The van der Waals surface area contributed by atoms with Crippen molar-refractivity contribution in [2.75, 3.05) is 25.5 Å². The van der Waals surface area contributed by atoms with Gasteiger partial charge in [0.2, 0.25) is 0 Å². The molecule has 0 radical (unpaired) electrons. The number of thioether (sulfide) groups is 1. The second-order valence-electron chi connectivity index (χ2n) is 3.59. The fourth-order valence-corrected chi connectivity index (χ4v) is 2.40. The molecule has 1 aliphatic heterocycles. The summed E-state index contributed by atoms with van der Waals surface area (Å²) in [5.74, 6) is 0.228. The molecule has 2 amide bonds. The van der Waals surface area contributed by atoms with Gasteiger partial charge in [-0.25, -0.2) is 0 Å². The number of carbonyl (C=O) groups is 2. The molecule has 1 saturated heterocycles. The Morgan fingerprint density at radius 1 is 1.12 bits per heavy atom. The zero-order valence-corrected chi connectivity index (χ0v) is 10.1. The number of rotatable bonds is 4. The second-order valence-corrected chi connectivity index (χ2v) is 4.76. The van der Waals surface area contributed by atoms with Crippen LogP contribution in [0.15, 0.2) is 35.2 Å². The summed E-state index contributed by atoms with van der Waals surface area (Å²) in [5, 5.41) is 0. The molecule has 0 aromatic heterocycles. The van der Waals surface area contributed by atoms with E-state index in [1.165, 1.54) is 4.90 Å². The van der Waals surface area contributed by atoms with Gasteiger partial charge in [0.15, 0.2) is 0 Å². The fourth-order valence-electron chi connectivity index (χ4n) is 1.54. The molecule has 5 heteroatoms. The van der Waals surface area contributed by atoms with Crippen molar-refractivity contribution in [3.8, 4) is 0 Å². The van der Waals surface area contributed by atoms with Crippen LogP contribution in [0.1, 0.15) is 0 Å². The van der Waals surface area contributed by atoms with Gasteiger partial charge in [-0.1, -0.05) is 18.2 Å². The van der Waals surface area contributed by atoms with E-state index in [-0.39, 0.29) is 25.0 Å². The Balaban J connectivity index is 1.81. The fraction of sp³-hybridized carbons (Fsp3) is 0.333. The van der Waals surface area contributed by atoms with Gasteiger partial charge >= 0.3 is 0 Å². The average molecular weight is 251 g/mol. The number of ether oxygens (including phenoxy) is 1. The highest BCUT2D eigenvalue weighted by Crippen LogP contribution is 2.17. The first-order chi connectivity index (χ1) is 8.27. The summed E-state index contributed by atoms with van der Waals surface area (Å²) < 4.78 is 4.84. The third-order valence-electron chi connectivity index (χ3n) is 2.38. The normalized spacial score (nSPS) is 16.4. The summed E-state index contributed by atoms with van der Waals surface area (Å²) in [6.07, 6.45) is 0. The van der Waals surface area contributed by atoms with Crippen LogP contribution in [0.4, 0.5) is 0 Å². The molecular weight excluding hydrogens is 238 g/mol. The monoisotopic (exact) mass is 251 g/mol. The second kappa shape index (κ2) is 5.84. The minimum absolute atomic E-state index is 0.0156. The van der Waals surface area contributed by atoms with E-state index < -0.39 is 0 Å². The maximum Gasteiger partial charge on any atom is 0.255 e. The summed E-state index contributed by atoms with van der Waals surface area (Å²) in [5.41, 5.74) is 0. The zero-order valence-electron chi connectivity index (χ0n) is 9.30. The van der Waals surface area contributed by atoms with E-state index >= 15 is 0 Å². The molecular formula is C12H13NO3S. The Labute approximate surface area is 104 Å². The van der Waals surface area contributed by atoms with Crippen LogP contribution in [0.5, 0.6) is 0 Å². The Morgan fingerprint density at radius 2 is 1.76 bits per heavy atom. The molecule has 0 saturated carbocycles. The minimum atomic E-state index is -0.241. The summed E-state index contributed by atoms with van der Waals surface area (Å²) >= 11 is 1.63. The molecule has 2 rings (SSSR count). The Kier molecular flexibility index (Phi) is 4.17. The molecule has 0 N–H and O–H groups in total. The minimum Gasteiger partial charge on any atom is -0.362 e. The molecule has 0 aliphatic carbocycles. The van der Waals surface area contributed by atoms with Gasteiger partial charge in [-0.05, 0) is 12.1 Å². The van der Waals surface area contributed by atoms with Gasteiger partial charge in [0, 0.05) is 17.2 Å². The topological polar surface area (TPSA) is 46.6 Å². The molecule has 17 heavy (non-hydrogen) atoms. The molecule has 1 aliphatic rings. The number of carbonyl (C=O) groups excluding carboxylic acids is 2. The lowest BCUT2D eigenvalue weighted by atomic mass is 10.4. The molecule has 1 aromatic carbocycles. The Morgan fingerprint density at radius 3 is 2.41 bits per heavy atom. The number of nitrogens with zero attached hydrogens (tertiary/aromatic N) is 1. The van der Waals surface area contributed by atoms with E-state index in [0.717, 1.165) is 4.90 Å². The Bertz CT molecular complexity index is 391. The highest BCUT2D eigenvalue weighted by atomic mass is 32.2. The standard InChI is InChI=1S/C12H13NO3S/c14-11-8-16-9-12(15)13(11)6-7-17-10-4-2-1-3-5-10/h1-5H,6-9H2. The number of imide groups is 1. The van der Waals surface area contributed by atoms with E-state index in [2.05, 4.69) is 0 Å². The van der Waals surface area contributed by atoms with Crippen LogP contribution in [-0.2, 0) is 14.3 Å². The predicted molar refractivity (Wildman–Crippen MR) is 64.7 cm³/mol. The summed E-state index contributed by atoms with van der Waals surface area (Å²) in [7, 11) is 0. The number of morpholine rings is 1. The highest BCUT2D eigenvalue weighted by Gasteiger charge is 2.25. The number of hydrogen-bond acceptors (Lipinski definition) is 4. The van der Waals surface area contributed by atoms with Gasteiger partial charge in [0.05, 0.1) is 0 Å². The van der Waals surface area contributed by atoms with Crippen molar-refractivity contribution in [2.24, 2.45) is 0 Å². The van der Waals surface area contributed by atoms with Crippen LogP contribution >= 0.6 is 11.8 Å². The summed E-state index contributed by atoms with van der Waals surface area (Å²) in [4.78, 5) is 25.3. The highest BCUT2D eigenvalue weighted by molar-refractivity contribution is 7.99. The van der Waals surface area contributed by atoms with Crippen LogP contribution < -0.4 is 0 Å². The quantitative estimate of drug-likeness (QED) is 0.595. The molecule has 90 valence electrons. The maximum absolute atomic E-state index is 11.4. The van der Waals surface area contributed by atoms with Crippen LogP contribution in [0.3, 0.4) is 0 Å². The lowest BCUT2D eigenvalue weighted by molar-refractivity contribution is -0.157. The van der Waals surface area contributed by atoms with Gasteiger partial charge in [-0.2, -0.15) is 0 Å². The molecule has 1 fully saturated rings. The van der Waals surface area contributed by atoms with Gasteiger partial charge in [-0.3, -0.25) is 14.5 Å². The van der Waals surface area contributed by atoms with Gasteiger partial charge in [0.1, 0.15) is 13.2 Å². The van der Waals surface area contributed by atoms with E-state index in [4.69, 9.17) is 4.74 Å². The van der Waals surface area contributed by atoms with E-state index in [1.54, 1.807) is 11.8 Å². The molecule has 1 heterocycles. The van der Waals surface area contributed by atoms with Crippen molar-refractivity contribution in [1.82, 2.24) is 4.90 Å². The van der Waals surface area contributed by atoms with Crippen molar-refractivity contribution >= 4 is 23.6 Å². The summed E-state index contributed by atoms with van der Waals surface area (Å²) in [6.45, 7) is 0.476. The van der Waals surface area contributed by atoms with E-state index in [9.17, 15) is 9.59 Å². The number of amides is 2. The first-order valence-electron chi connectivity index (χ1n) is 5.36. The third kappa shape index (κ3) is 3.31. The maximum atomic E-state index is 11.4. The average Bonchev–Trinajstić information content (AvgIpc) is 2.34. The van der Waals surface area contributed by atoms with Crippen molar-refractivity contribution < 1.29 is 14.3 Å². The van der Waals surface area contributed by atoms with Crippen molar-refractivity contribution in [3.05, 3.63) is 30.3 Å². The Hall–Kier alpha value is -1.33. The van der Waals surface area contributed by atoms with Crippen molar-refractivity contribution in [2.45, 2.75) is 4.90 Å². The lowest BCUT2D eigenvalue weighted by Crippen LogP contribution is -2.47. The predicted octanol–water partition coefficient (Wildman–Crippen LogP) is 1.16. The van der Waals surface area contributed by atoms with E-state index in [1.807, 2.05) is 30.3 Å². The zero-order chi connectivity index (χ0) is 12.1. The van der Waals surface area contributed by atoms with Crippen molar-refractivity contribution in [1.29, 1.82) is 0 Å². The first kappa shape index (κ1) is 12.1. The smallest absolute Gasteiger partial charge is 0.255 e. The summed E-state index contributed by atoms with van der Waals surface area (Å²) in [6, 6.07) is 9.90. The van der Waals surface area contributed by atoms with Crippen LogP contribution in [0.2, 0.25) is 0 Å². The van der Waals surface area contributed by atoms with Gasteiger partial charge in [-0.15, -0.1) is 11.8 Å². The lowest BCUT2D eigenvalue weighted by Gasteiger charge is -2.24. The van der Waals surface area contributed by atoms with Crippen LogP contribution in [0, 0.1) is 0 Å². The van der Waals surface area contributed by atoms with Crippen LogP contribution in [0.25, 0.3) is 0 Å². The molecule has 0 bridgehead atoms. The molecule has 0 spiro atoms. The first-order valence-corrected chi connectivity index (χ1v) is 6.35. The largest absolute Gasteiger partial charge is 0.362 e. The molecule has 4 nitrogen and oxygen atoms in total. The van der Waals surface area contributed by atoms with Gasteiger partial charge < -0.3 is 4.74 Å². The third-order valence-corrected chi connectivity index (χ3v) is 3.37. The SMILES string of the molecule is O=C1COCC(=O)N1CCSc1ccccc1. The molecule has 0 unspecified atom stereocenters. The van der Waals surface area contributed by atoms with Crippen molar-refractivity contribution in [3.63, 3.8) is 0 Å². The van der Waals surface area contributed by atoms with E-state index in [0.29, 0.717) is 12.3 Å².